The van der Waals surface area contributed by atoms with E-state index in [1.807, 2.05) is 19.1 Å². The zero-order chi connectivity index (χ0) is 39.8. The Labute approximate surface area is 328 Å². The highest BCUT2D eigenvalue weighted by Gasteiger charge is 2.25. The number of aliphatic hydroxyl groups excluding tert-OH is 1. The lowest BCUT2D eigenvalue weighted by molar-refractivity contribution is -0.161. The van der Waals surface area contributed by atoms with Crippen molar-refractivity contribution in [1.82, 2.24) is 0 Å². The van der Waals surface area contributed by atoms with Crippen LogP contribution in [0.25, 0.3) is 0 Å². The van der Waals surface area contributed by atoms with E-state index < -0.39 is 32.5 Å². The fourth-order valence-corrected chi connectivity index (χ4v) is 6.05. The van der Waals surface area contributed by atoms with E-state index in [1.54, 1.807) is 0 Å². The molecule has 0 amide bonds. The first-order chi connectivity index (χ1) is 26.2. The van der Waals surface area contributed by atoms with Crippen molar-refractivity contribution in [3.05, 3.63) is 60.8 Å². The third-order valence-electron chi connectivity index (χ3n) is 8.39. The molecular formula is C43H76NO9P. The lowest BCUT2D eigenvalue weighted by Crippen LogP contribution is -2.29. The van der Waals surface area contributed by atoms with Crippen LogP contribution in [0.2, 0.25) is 0 Å². The summed E-state index contributed by atoms with van der Waals surface area (Å²) in [5.41, 5.74) is 5.33. The molecule has 3 atom stereocenters. The summed E-state index contributed by atoms with van der Waals surface area (Å²) in [4.78, 5) is 34.8. The molecule has 0 radical (unpaired) electrons. The van der Waals surface area contributed by atoms with Gasteiger partial charge in [0.25, 0.3) is 0 Å². The molecule has 0 saturated carbocycles. The molecule has 0 bridgehead atoms. The van der Waals surface area contributed by atoms with E-state index in [1.165, 1.54) is 51.4 Å². The third kappa shape index (κ3) is 39.4. The van der Waals surface area contributed by atoms with Gasteiger partial charge >= 0.3 is 19.8 Å². The molecule has 0 aliphatic rings. The van der Waals surface area contributed by atoms with E-state index in [0.29, 0.717) is 19.3 Å². The van der Waals surface area contributed by atoms with E-state index in [9.17, 15) is 24.2 Å². The van der Waals surface area contributed by atoms with Gasteiger partial charge in [-0.3, -0.25) is 18.6 Å². The molecule has 1 unspecified atom stereocenters. The second kappa shape index (κ2) is 38.9. The van der Waals surface area contributed by atoms with Crippen LogP contribution in [-0.2, 0) is 32.7 Å². The Bertz CT molecular complexity index is 1090. The van der Waals surface area contributed by atoms with E-state index in [0.717, 1.165) is 64.2 Å². The topological polar surface area (TPSA) is 155 Å². The average Bonchev–Trinajstić information content (AvgIpc) is 3.14. The Hall–Kier alpha value is -2.33. The molecule has 0 rings (SSSR count). The van der Waals surface area contributed by atoms with Gasteiger partial charge in [-0.15, -0.1) is 0 Å². The van der Waals surface area contributed by atoms with Gasteiger partial charge in [0, 0.05) is 19.4 Å². The molecule has 10 nitrogen and oxygen atoms in total. The summed E-state index contributed by atoms with van der Waals surface area (Å²) in [6.45, 7) is 3.18. The number of hydrogen-bond donors (Lipinski definition) is 3. The minimum Gasteiger partial charge on any atom is -0.462 e. The van der Waals surface area contributed by atoms with Gasteiger partial charge in [-0.1, -0.05) is 119 Å². The number of carbonyl (C=O) groups excluding carboxylic acids is 2. The molecule has 0 aromatic heterocycles. The highest BCUT2D eigenvalue weighted by atomic mass is 31.2. The van der Waals surface area contributed by atoms with Crippen LogP contribution in [-0.4, -0.2) is 60.5 Å². The number of rotatable bonds is 38. The van der Waals surface area contributed by atoms with Crippen molar-refractivity contribution in [3.8, 4) is 0 Å². The van der Waals surface area contributed by atoms with Crippen LogP contribution in [0.5, 0.6) is 0 Å². The molecule has 0 spiro atoms. The van der Waals surface area contributed by atoms with Gasteiger partial charge in [0.2, 0.25) is 0 Å². The number of unbranched alkanes of at least 4 members (excludes halogenated alkanes) is 13. The van der Waals surface area contributed by atoms with Gasteiger partial charge in [0.1, 0.15) is 6.61 Å². The standard InChI is InChI=1S/C43H76NO9P/c1-3-4-5-6-7-8-9-10-12-16-19-22-25-28-31-34-42(46)50-38-41(39-52-54(48,49)51-37-36-44)53-43(47)35-32-29-26-23-20-17-14-11-13-15-18-21-24-27-30-33-40(2)45/h8-9,13-15,17,21,23-24,26,40-41,45H,3-7,10-12,16,18-20,22,25,27-39,44H2,1-2H3,(H,48,49)/b9-8-,15-13-,17-14-,24-21-,26-23-/t40-,41+/m0/s1. The maximum atomic E-state index is 12.5. The number of nitrogens with two attached hydrogens (primary N) is 1. The maximum Gasteiger partial charge on any atom is 0.472 e. The lowest BCUT2D eigenvalue weighted by atomic mass is 10.1. The Morgan fingerprint density at radius 3 is 1.69 bits per heavy atom. The van der Waals surface area contributed by atoms with Gasteiger partial charge in [0.15, 0.2) is 6.10 Å². The molecule has 0 aliphatic carbocycles. The normalized spacial score (nSPS) is 14.5. The number of esters is 2. The molecule has 0 aromatic carbocycles. The summed E-state index contributed by atoms with van der Waals surface area (Å²) < 4.78 is 32.6. The molecule has 0 saturated heterocycles. The number of phosphoric ester groups is 1. The average molecular weight is 782 g/mol. The number of allylic oxidation sites excluding steroid dienone is 10. The van der Waals surface area contributed by atoms with Crippen molar-refractivity contribution in [2.45, 2.75) is 174 Å². The fourth-order valence-electron chi connectivity index (χ4n) is 5.29. The van der Waals surface area contributed by atoms with Crippen LogP contribution in [0.3, 0.4) is 0 Å². The largest absolute Gasteiger partial charge is 0.472 e. The predicted molar refractivity (Wildman–Crippen MR) is 221 cm³/mol. The number of ether oxygens (including phenoxy) is 2. The molecule has 4 N–H and O–H groups in total. The minimum absolute atomic E-state index is 0.0364. The van der Waals surface area contributed by atoms with Crippen LogP contribution in [0, 0.1) is 0 Å². The summed E-state index contributed by atoms with van der Waals surface area (Å²) in [6, 6.07) is 0. The first-order valence-corrected chi connectivity index (χ1v) is 22.3. The summed E-state index contributed by atoms with van der Waals surface area (Å²) in [5, 5.41) is 9.26. The quantitative estimate of drug-likeness (QED) is 0.0239. The zero-order valence-electron chi connectivity index (χ0n) is 33.8. The van der Waals surface area contributed by atoms with Gasteiger partial charge in [-0.05, 0) is 90.4 Å². The van der Waals surface area contributed by atoms with Gasteiger partial charge in [-0.25, -0.2) is 4.57 Å². The molecule has 0 fully saturated rings. The summed E-state index contributed by atoms with van der Waals surface area (Å²) in [5.74, 6) is -0.920. The van der Waals surface area contributed by atoms with Crippen molar-refractivity contribution in [2.75, 3.05) is 26.4 Å². The Kier molecular flexibility index (Phi) is 37.2. The van der Waals surface area contributed by atoms with E-state index in [4.69, 9.17) is 24.3 Å². The second-order valence-corrected chi connectivity index (χ2v) is 15.2. The molecule has 312 valence electrons. The third-order valence-corrected chi connectivity index (χ3v) is 9.38. The number of phosphoric acid groups is 1. The number of hydrogen-bond acceptors (Lipinski definition) is 9. The van der Waals surface area contributed by atoms with Gasteiger partial charge < -0.3 is 25.2 Å². The number of carbonyl (C=O) groups is 2. The monoisotopic (exact) mass is 782 g/mol. The molecule has 0 heterocycles. The summed E-state index contributed by atoms with van der Waals surface area (Å²) in [7, 11) is -4.40. The van der Waals surface area contributed by atoms with Crippen molar-refractivity contribution in [2.24, 2.45) is 5.73 Å². The van der Waals surface area contributed by atoms with Crippen LogP contribution in [0.15, 0.2) is 60.8 Å². The summed E-state index contributed by atoms with van der Waals surface area (Å²) in [6.07, 6.45) is 42.4. The van der Waals surface area contributed by atoms with E-state index in [-0.39, 0.29) is 38.7 Å². The zero-order valence-corrected chi connectivity index (χ0v) is 34.7. The van der Waals surface area contributed by atoms with E-state index in [2.05, 4.69) is 55.5 Å². The van der Waals surface area contributed by atoms with Crippen LogP contribution in [0.1, 0.15) is 162 Å². The highest BCUT2D eigenvalue weighted by Crippen LogP contribution is 2.43. The van der Waals surface area contributed by atoms with Crippen LogP contribution < -0.4 is 5.73 Å². The second-order valence-electron chi connectivity index (χ2n) is 13.8. The fraction of sp³-hybridized carbons (Fsp3) is 0.721. The van der Waals surface area contributed by atoms with Crippen molar-refractivity contribution in [1.29, 1.82) is 0 Å². The van der Waals surface area contributed by atoms with Crippen molar-refractivity contribution < 1.29 is 42.7 Å². The Morgan fingerprint density at radius 1 is 0.630 bits per heavy atom. The van der Waals surface area contributed by atoms with Crippen LogP contribution >= 0.6 is 7.82 Å². The highest BCUT2D eigenvalue weighted by molar-refractivity contribution is 7.47. The molecule has 11 heteroatoms. The molecule has 0 aromatic rings. The Morgan fingerprint density at radius 2 is 1.11 bits per heavy atom. The lowest BCUT2D eigenvalue weighted by Gasteiger charge is -2.19. The first-order valence-electron chi connectivity index (χ1n) is 20.8. The maximum absolute atomic E-state index is 12.5. The first kappa shape index (κ1) is 51.7. The minimum atomic E-state index is -4.40. The van der Waals surface area contributed by atoms with Crippen molar-refractivity contribution >= 4 is 19.8 Å². The summed E-state index contributed by atoms with van der Waals surface area (Å²) >= 11 is 0. The van der Waals surface area contributed by atoms with Gasteiger partial charge in [0.05, 0.1) is 19.3 Å². The van der Waals surface area contributed by atoms with Crippen LogP contribution in [0.4, 0.5) is 0 Å². The number of aliphatic hydroxyl groups is 1. The predicted octanol–water partition coefficient (Wildman–Crippen LogP) is 10.7. The van der Waals surface area contributed by atoms with Crippen molar-refractivity contribution in [3.63, 3.8) is 0 Å². The molecular weight excluding hydrogens is 705 g/mol. The Balaban J connectivity index is 4.30. The van der Waals surface area contributed by atoms with E-state index >= 15 is 0 Å². The van der Waals surface area contributed by atoms with Gasteiger partial charge in [-0.2, -0.15) is 0 Å². The smallest absolute Gasteiger partial charge is 0.462 e. The SMILES string of the molecule is CCCCCC/C=C\CCCCCCCCCC(=O)OC[C@H](COP(=O)(O)OCCN)OC(=O)CCC/C=C\C/C=C\C/C=C\C/C=C\CCC[C@H](C)O. The molecule has 0 aliphatic heterocycles. The molecule has 54 heavy (non-hydrogen) atoms.